The second kappa shape index (κ2) is 11.1. The second-order valence-electron chi connectivity index (χ2n) is 9.61. The summed E-state index contributed by atoms with van der Waals surface area (Å²) in [5.41, 5.74) is 10.7. The minimum Gasteiger partial charge on any atom is -0.383 e. The topological polar surface area (TPSA) is 122 Å². The molecule has 0 radical (unpaired) electrons. The van der Waals surface area contributed by atoms with Gasteiger partial charge in [0.1, 0.15) is 22.2 Å². The Bertz CT molecular complexity index is 2060. The first-order chi connectivity index (χ1) is 21.0. The summed E-state index contributed by atoms with van der Waals surface area (Å²) >= 11 is 7.57. The molecule has 0 aliphatic heterocycles. The number of nitrogens with zero attached hydrogens (tertiary/aromatic N) is 4. The zero-order valence-electron chi connectivity index (χ0n) is 22.5. The highest BCUT2D eigenvalue weighted by Gasteiger charge is 2.28. The van der Waals surface area contributed by atoms with Gasteiger partial charge in [-0.2, -0.15) is 4.52 Å². The molecule has 3 heterocycles. The molecular weight excluding hydrogens is 580 g/mol. The van der Waals surface area contributed by atoms with E-state index in [4.69, 9.17) is 32.4 Å². The van der Waals surface area contributed by atoms with Crippen LogP contribution < -0.4 is 21.7 Å². The summed E-state index contributed by atoms with van der Waals surface area (Å²) in [5.74, 6) is 0.620. The first kappa shape index (κ1) is 26.4. The van der Waals surface area contributed by atoms with E-state index < -0.39 is 5.91 Å². The van der Waals surface area contributed by atoms with E-state index in [1.165, 1.54) is 11.3 Å². The van der Waals surface area contributed by atoms with E-state index in [2.05, 4.69) is 16.0 Å². The fraction of sp³-hybridized carbons (Fsp3) is 0. The highest BCUT2D eigenvalue weighted by atomic mass is 35.5. The summed E-state index contributed by atoms with van der Waals surface area (Å²) in [6, 6.07) is 33.9. The minimum atomic E-state index is -0.416. The number of aromatic nitrogens is 4. The molecule has 0 aliphatic rings. The molecule has 210 valence electrons. The van der Waals surface area contributed by atoms with Crippen LogP contribution in [0.5, 0.6) is 0 Å². The third-order valence-corrected chi connectivity index (χ3v) is 8.01. The average Bonchev–Trinajstić information content (AvgIpc) is 3.60. The Kier molecular flexibility index (Phi) is 6.82. The lowest BCUT2D eigenvalue weighted by Gasteiger charge is -2.14. The molecule has 3 aromatic heterocycles. The number of thiazole rings is 1. The molecule has 0 saturated heterocycles. The molecule has 1 amide bonds. The van der Waals surface area contributed by atoms with Gasteiger partial charge in [-0.15, -0.1) is 16.4 Å². The van der Waals surface area contributed by atoms with Crippen molar-refractivity contribution in [3.8, 4) is 10.6 Å². The molecular formula is C32H23ClN8OS. The van der Waals surface area contributed by atoms with Crippen LogP contribution >= 0.6 is 22.9 Å². The lowest BCUT2D eigenvalue weighted by Crippen LogP contribution is -2.14. The van der Waals surface area contributed by atoms with Crippen LogP contribution in [0.3, 0.4) is 0 Å². The van der Waals surface area contributed by atoms with Crippen molar-refractivity contribution in [1.29, 1.82) is 0 Å². The van der Waals surface area contributed by atoms with Gasteiger partial charge in [-0.1, -0.05) is 60.1 Å². The maximum Gasteiger partial charge on any atom is 0.263 e. The Morgan fingerprint density at radius 3 is 2.12 bits per heavy atom. The standard InChI is InChI=1S/C32H23ClN8OS/c33-19-15-17-22(18-16-19)37-31(42)26-28(35-20-9-3-1-4-10-20)40-41-29(36-21-11-5-2-6-12-21)25(27(34)39-30(26)41)32-38-23-13-7-8-14-24(23)43-32/h1-18,36H,(H2,34,39)(H,35,40)(H,37,42). The number of nitrogens with one attached hydrogen (secondary N) is 3. The van der Waals surface area contributed by atoms with Crippen molar-refractivity contribution in [3.05, 3.63) is 120 Å². The number of carbonyl (C=O) groups is 1. The smallest absolute Gasteiger partial charge is 0.263 e. The summed E-state index contributed by atoms with van der Waals surface area (Å²) in [4.78, 5) is 23.5. The van der Waals surface area contributed by atoms with Crippen LogP contribution in [-0.2, 0) is 0 Å². The summed E-state index contributed by atoms with van der Waals surface area (Å²) in [6.07, 6.45) is 0. The molecule has 0 fully saturated rings. The van der Waals surface area contributed by atoms with Crippen molar-refractivity contribution < 1.29 is 4.79 Å². The van der Waals surface area contributed by atoms with E-state index in [1.54, 1.807) is 28.8 Å². The van der Waals surface area contributed by atoms with Crippen molar-refractivity contribution in [2.75, 3.05) is 21.7 Å². The van der Waals surface area contributed by atoms with E-state index in [0.717, 1.165) is 21.6 Å². The van der Waals surface area contributed by atoms with Gasteiger partial charge in [-0.05, 0) is 60.7 Å². The number of nitrogens with two attached hydrogens (primary N) is 1. The number of nitrogen functional groups attached to an aromatic ring is 1. The van der Waals surface area contributed by atoms with E-state index in [1.807, 2.05) is 84.9 Å². The van der Waals surface area contributed by atoms with Crippen molar-refractivity contribution in [1.82, 2.24) is 19.6 Å². The number of halogens is 1. The number of hydrogen-bond acceptors (Lipinski definition) is 8. The predicted octanol–water partition coefficient (Wildman–Crippen LogP) is 7.98. The molecule has 0 bridgehead atoms. The molecule has 43 heavy (non-hydrogen) atoms. The Hall–Kier alpha value is -5.45. The normalized spacial score (nSPS) is 11.1. The second-order valence-corrected chi connectivity index (χ2v) is 11.1. The van der Waals surface area contributed by atoms with Crippen LogP contribution in [-0.4, -0.2) is 25.5 Å². The number of hydrogen-bond donors (Lipinski definition) is 4. The van der Waals surface area contributed by atoms with E-state index >= 15 is 0 Å². The van der Waals surface area contributed by atoms with Gasteiger partial charge in [-0.3, -0.25) is 4.79 Å². The molecule has 0 saturated carbocycles. The zero-order valence-corrected chi connectivity index (χ0v) is 24.0. The van der Waals surface area contributed by atoms with Crippen LogP contribution in [0.2, 0.25) is 5.02 Å². The lowest BCUT2D eigenvalue weighted by molar-refractivity contribution is 0.102. The maximum atomic E-state index is 13.9. The van der Waals surface area contributed by atoms with Crippen molar-refractivity contribution in [2.24, 2.45) is 0 Å². The van der Waals surface area contributed by atoms with Crippen LogP contribution in [0.25, 0.3) is 26.4 Å². The highest BCUT2D eigenvalue weighted by Crippen LogP contribution is 2.40. The Morgan fingerprint density at radius 1 is 0.767 bits per heavy atom. The molecule has 7 aromatic rings. The van der Waals surface area contributed by atoms with Crippen molar-refractivity contribution >= 4 is 79.2 Å². The first-order valence-corrected chi connectivity index (χ1v) is 14.5. The molecule has 9 nitrogen and oxygen atoms in total. The SMILES string of the molecule is Nc1nc2c(C(=O)Nc3ccc(Cl)cc3)c(Nc3ccccc3)nn2c(Nc2ccccc2)c1-c1nc2ccccc2s1. The van der Waals surface area contributed by atoms with Gasteiger partial charge in [-0.25, -0.2) is 9.97 Å². The quantitative estimate of drug-likeness (QED) is 0.146. The van der Waals surface area contributed by atoms with Gasteiger partial charge in [0.05, 0.1) is 15.8 Å². The van der Waals surface area contributed by atoms with Gasteiger partial charge in [0.25, 0.3) is 5.91 Å². The van der Waals surface area contributed by atoms with E-state index in [9.17, 15) is 4.79 Å². The molecule has 5 N–H and O–H groups in total. The number of para-hydroxylation sites is 3. The van der Waals surface area contributed by atoms with Gasteiger partial charge < -0.3 is 21.7 Å². The van der Waals surface area contributed by atoms with Gasteiger partial charge in [0.2, 0.25) is 0 Å². The van der Waals surface area contributed by atoms with E-state index in [-0.39, 0.29) is 17.0 Å². The third kappa shape index (κ3) is 5.21. The molecule has 7 rings (SSSR count). The summed E-state index contributed by atoms with van der Waals surface area (Å²) < 4.78 is 2.62. The molecule has 0 spiro atoms. The van der Waals surface area contributed by atoms with Gasteiger partial charge in [0.15, 0.2) is 11.5 Å². The lowest BCUT2D eigenvalue weighted by atomic mass is 10.2. The largest absolute Gasteiger partial charge is 0.383 e. The molecule has 0 unspecified atom stereocenters. The summed E-state index contributed by atoms with van der Waals surface area (Å²) in [5, 5.41) is 15.8. The average molecular weight is 603 g/mol. The number of amides is 1. The zero-order chi connectivity index (χ0) is 29.3. The highest BCUT2D eigenvalue weighted by molar-refractivity contribution is 7.21. The predicted molar refractivity (Wildman–Crippen MR) is 175 cm³/mol. The van der Waals surface area contributed by atoms with Crippen LogP contribution in [0.1, 0.15) is 10.4 Å². The molecule has 4 aromatic carbocycles. The van der Waals surface area contributed by atoms with Gasteiger partial charge in [0, 0.05) is 22.1 Å². The van der Waals surface area contributed by atoms with Crippen LogP contribution in [0.4, 0.5) is 34.5 Å². The van der Waals surface area contributed by atoms with Crippen molar-refractivity contribution in [2.45, 2.75) is 0 Å². The molecule has 0 aliphatic carbocycles. The number of carbonyl (C=O) groups excluding carboxylic acids is 1. The first-order valence-electron chi connectivity index (χ1n) is 13.3. The van der Waals surface area contributed by atoms with Crippen LogP contribution in [0.15, 0.2) is 109 Å². The maximum absolute atomic E-state index is 13.9. The number of benzene rings is 4. The molecule has 0 atom stereocenters. The summed E-state index contributed by atoms with van der Waals surface area (Å²) in [6.45, 7) is 0. The number of fused-ring (bicyclic) bond motifs is 2. The fourth-order valence-corrected chi connectivity index (χ4v) is 5.86. The Morgan fingerprint density at radius 2 is 1.42 bits per heavy atom. The number of anilines is 6. The summed E-state index contributed by atoms with van der Waals surface area (Å²) in [7, 11) is 0. The molecule has 11 heteroatoms. The van der Waals surface area contributed by atoms with Gasteiger partial charge >= 0.3 is 0 Å². The van der Waals surface area contributed by atoms with Crippen LogP contribution in [0, 0.1) is 0 Å². The monoisotopic (exact) mass is 602 g/mol. The third-order valence-electron chi connectivity index (χ3n) is 6.70. The Balaban J connectivity index is 1.46. The fourth-order valence-electron chi connectivity index (χ4n) is 4.71. The van der Waals surface area contributed by atoms with E-state index in [0.29, 0.717) is 32.9 Å². The minimum absolute atomic E-state index is 0.205. The number of rotatable bonds is 7. The van der Waals surface area contributed by atoms with Crippen molar-refractivity contribution in [3.63, 3.8) is 0 Å². The Labute approximate surface area is 255 Å².